The molecule has 148 valence electrons. The first-order chi connectivity index (χ1) is 13.4. The number of carbonyl (C=O) groups is 3. The first-order valence-electron chi connectivity index (χ1n) is 8.61. The van der Waals surface area contributed by atoms with Crippen LogP contribution in [0.2, 0.25) is 5.02 Å². The molecule has 2 N–H and O–H groups in total. The minimum atomic E-state index is -0.385. The van der Waals surface area contributed by atoms with Gasteiger partial charge in [0.1, 0.15) is 5.75 Å². The number of ether oxygens (including phenoxy) is 1. The third-order valence-corrected chi connectivity index (χ3v) is 4.14. The largest absolute Gasteiger partial charge is 0.495 e. The molecular formula is C20H22ClN3O4. The zero-order valence-corrected chi connectivity index (χ0v) is 16.5. The predicted octanol–water partition coefficient (Wildman–Crippen LogP) is 2.57. The molecule has 0 saturated carbocycles. The van der Waals surface area contributed by atoms with E-state index >= 15 is 0 Å². The molecule has 0 aliphatic carbocycles. The van der Waals surface area contributed by atoms with Crippen molar-refractivity contribution < 1.29 is 19.1 Å². The Morgan fingerprint density at radius 2 is 1.82 bits per heavy atom. The molecule has 0 unspecified atom stereocenters. The van der Waals surface area contributed by atoms with Crippen LogP contribution in [0, 0.1) is 0 Å². The predicted molar refractivity (Wildman–Crippen MR) is 108 cm³/mol. The lowest BCUT2D eigenvalue weighted by atomic mass is 10.2. The number of likely N-dealkylation sites (N-methyl/N-ethyl adjacent to an activating group) is 1. The normalized spacial score (nSPS) is 10.1. The zero-order valence-electron chi connectivity index (χ0n) is 15.7. The second-order valence-corrected chi connectivity index (χ2v) is 6.45. The van der Waals surface area contributed by atoms with Gasteiger partial charge in [0.25, 0.3) is 5.91 Å². The lowest BCUT2D eigenvalue weighted by Crippen LogP contribution is -2.37. The van der Waals surface area contributed by atoms with Crippen molar-refractivity contribution >= 4 is 35.0 Å². The molecule has 3 amide bonds. The van der Waals surface area contributed by atoms with E-state index in [0.29, 0.717) is 22.0 Å². The van der Waals surface area contributed by atoms with Crippen LogP contribution in [0.5, 0.6) is 5.75 Å². The van der Waals surface area contributed by atoms with E-state index < -0.39 is 0 Å². The van der Waals surface area contributed by atoms with E-state index in [4.69, 9.17) is 16.3 Å². The van der Waals surface area contributed by atoms with Crippen LogP contribution in [0.4, 0.5) is 5.69 Å². The highest BCUT2D eigenvalue weighted by molar-refractivity contribution is 6.31. The van der Waals surface area contributed by atoms with E-state index in [-0.39, 0.29) is 37.2 Å². The average Bonchev–Trinajstić information content (AvgIpc) is 2.68. The Balaban J connectivity index is 1.79. The van der Waals surface area contributed by atoms with Gasteiger partial charge in [0.05, 0.1) is 19.3 Å². The van der Waals surface area contributed by atoms with Crippen LogP contribution >= 0.6 is 11.6 Å². The number of halogens is 1. The van der Waals surface area contributed by atoms with Crippen LogP contribution in [0.25, 0.3) is 0 Å². The molecule has 0 fully saturated rings. The summed E-state index contributed by atoms with van der Waals surface area (Å²) in [6, 6.07) is 13.6. The summed E-state index contributed by atoms with van der Waals surface area (Å²) in [6.07, 6.45) is 0.0862. The van der Waals surface area contributed by atoms with Crippen molar-refractivity contribution in [2.45, 2.75) is 6.42 Å². The monoisotopic (exact) mass is 403 g/mol. The molecule has 0 aliphatic heterocycles. The number of rotatable bonds is 8. The minimum absolute atomic E-state index is 0.0862. The number of methoxy groups -OCH3 is 1. The van der Waals surface area contributed by atoms with Crippen LogP contribution in [-0.4, -0.2) is 49.9 Å². The van der Waals surface area contributed by atoms with Gasteiger partial charge in [-0.2, -0.15) is 0 Å². The molecule has 0 radical (unpaired) electrons. The van der Waals surface area contributed by atoms with Gasteiger partial charge in [-0.05, 0) is 30.3 Å². The van der Waals surface area contributed by atoms with Gasteiger partial charge < -0.3 is 20.3 Å². The molecule has 0 spiro atoms. The lowest BCUT2D eigenvalue weighted by Gasteiger charge is -2.18. The van der Waals surface area contributed by atoms with E-state index in [9.17, 15) is 14.4 Å². The Morgan fingerprint density at radius 1 is 1.11 bits per heavy atom. The molecule has 2 rings (SSSR count). The van der Waals surface area contributed by atoms with Crippen LogP contribution in [0.15, 0.2) is 48.5 Å². The van der Waals surface area contributed by atoms with Crippen LogP contribution < -0.4 is 15.4 Å². The number of carbonyl (C=O) groups excluding carboxylic acids is 3. The summed E-state index contributed by atoms with van der Waals surface area (Å²) in [5.74, 6) is -0.427. The number of amides is 3. The maximum absolute atomic E-state index is 12.2. The maximum atomic E-state index is 12.2. The molecule has 0 aromatic heterocycles. The van der Waals surface area contributed by atoms with Crippen molar-refractivity contribution in [2.24, 2.45) is 0 Å². The molecule has 0 atom stereocenters. The van der Waals surface area contributed by atoms with Crippen molar-refractivity contribution in [3.8, 4) is 5.75 Å². The molecule has 0 aliphatic rings. The molecule has 7 nitrogen and oxygen atoms in total. The second kappa shape index (κ2) is 10.3. The van der Waals surface area contributed by atoms with Gasteiger partial charge in [-0.25, -0.2) is 0 Å². The molecule has 2 aromatic rings. The SMILES string of the molecule is COc1ccc(Cl)cc1NC(=O)CN(C)C(=O)CCNC(=O)c1ccccc1. The van der Waals surface area contributed by atoms with Gasteiger partial charge >= 0.3 is 0 Å². The highest BCUT2D eigenvalue weighted by atomic mass is 35.5. The van der Waals surface area contributed by atoms with Gasteiger partial charge in [-0.15, -0.1) is 0 Å². The second-order valence-electron chi connectivity index (χ2n) is 6.01. The number of anilines is 1. The number of hydrogen-bond acceptors (Lipinski definition) is 4. The molecule has 8 heteroatoms. The summed E-state index contributed by atoms with van der Waals surface area (Å²) in [5.41, 5.74) is 0.953. The summed E-state index contributed by atoms with van der Waals surface area (Å²) < 4.78 is 5.17. The minimum Gasteiger partial charge on any atom is -0.495 e. The molecule has 2 aromatic carbocycles. The molecule has 0 heterocycles. The highest BCUT2D eigenvalue weighted by Crippen LogP contribution is 2.27. The zero-order chi connectivity index (χ0) is 20.5. The topological polar surface area (TPSA) is 87.7 Å². The maximum Gasteiger partial charge on any atom is 0.251 e. The summed E-state index contributed by atoms with van der Waals surface area (Å²) >= 11 is 5.93. The Morgan fingerprint density at radius 3 is 2.50 bits per heavy atom. The fourth-order valence-corrected chi connectivity index (χ4v) is 2.61. The Bertz CT molecular complexity index is 843. The highest BCUT2D eigenvalue weighted by Gasteiger charge is 2.15. The Kier molecular flexibility index (Phi) is 7.83. The van der Waals surface area contributed by atoms with Crippen molar-refractivity contribution in [3.05, 3.63) is 59.1 Å². The third-order valence-electron chi connectivity index (χ3n) is 3.90. The third kappa shape index (κ3) is 6.28. The van der Waals surface area contributed by atoms with Gasteiger partial charge in [-0.3, -0.25) is 14.4 Å². The van der Waals surface area contributed by atoms with E-state index in [1.165, 1.54) is 19.1 Å². The molecule has 0 saturated heterocycles. The Labute approximate surface area is 168 Å². The fraction of sp³-hybridized carbons (Fsp3) is 0.250. The van der Waals surface area contributed by atoms with Gasteiger partial charge in [0.2, 0.25) is 11.8 Å². The average molecular weight is 404 g/mol. The van der Waals surface area contributed by atoms with E-state index in [0.717, 1.165) is 0 Å². The summed E-state index contributed by atoms with van der Waals surface area (Å²) in [7, 11) is 3.01. The first kappa shape index (κ1) is 21.2. The number of nitrogens with one attached hydrogen (secondary N) is 2. The smallest absolute Gasteiger partial charge is 0.251 e. The van der Waals surface area contributed by atoms with E-state index in [1.807, 2.05) is 6.07 Å². The van der Waals surface area contributed by atoms with Crippen molar-refractivity contribution in [2.75, 3.05) is 32.6 Å². The molecule has 28 heavy (non-hydrogen) atoms. The molecule has 0 bridgehead atoms. The summed E-state index contributed by atoms with van der Waals surface area (Å²) in [5, 5.41) is 5.81. The number of benzene rings is 2. The van der Waals surface area contributed by atoms with E-state index in [2.05, 4.69) is 10.6 Å². The van der Waals surface area contributed by atoms with Gasteiger partial charge in [0.15, 0.2) is 0 Å². The quantitative estimate of drug-likeness (QED) is 0.709. The standard InChI is InChI=1S/C20H22ClN3O4/c1-24(13-18(25)23-16-12-15(21)8-9-17(16)28-2)19(26)10-11-22-20(27)14-6-4-3-5-7-14/h3-9,12H,10-11,13H2,1-2H3,(H,22,27)(H,23,25). The van der Waals surface area contributed by atoms with Crippen LogP contribution in [0.1, 0.15) is 16.8 Å². The van der Waals surface area contributed by atoms with Crippen LogP contribution in [-0.2, 0) is 9.59 Å². The number of hydrogen-bond donors (Lipinski definition) is 2. The Hall–Kier alpha value is -3.06. The van der Waals surface area contributed by atoms with E-state index in [1.54, 1.807) is 42.5 Å². The first-order valence-corrected chi connectivity index (χ1v) is 8.99. The lowest BCUT2D eigenvalue weighted by molar-refractivity contribution is -0.133. The van der Waals surface area contributed by atoms with Gasteiger partial charge in [0, 0.05) is 30.6 Å². The van der Waals surface area contributed by atoms with Crippen LogP contribution in [0.3, 0.4) is 0 Å². The summed E-state index contributed by atoms with van der Waals surface area (Å²) in [6.45, 7) is 0.0434. The van der Waals surface area contributed by atoms with Crippen molar-refractivity contribution in [1.82, 2.24) is 10.2 Å². The molecular weight excluding hydrogens is 382 g/mol. The summed E-state index contributed by atoms with van der Waals surface area (Å²) in [4.78, 5) is 37.6. The number of nitrogens with zero attached hydrogens (tertiary/aromatic N) is 1. The van der Waals surface area contributed by atoms with Gasteiger partial charge in [-0.1, -0.05) is 29.8 Å². The van der Waals surface area contributed by atoms with Crippen molar-refractivity contribution in [3.63, 3.8) is 0 Å². The van der Waals surface area contributed by atoms with Crippen molar-refractivity contribution in [1.29, 1.82) is 0 Å². The fourth-order valence-electron chi connectivity index (χ4n) is 2.44.